The number of anilines is 1. The van der Waals surface area contributed by atoms with Crippen molar-refractivity contribution < 1.29 is 0 Å². The van der Waals surface area contributed by atoms with Crippen LogP contribution in [0, 0.1) is 5.41 Å². The smallest absolute Gasteiger partial charge is 0.148 e. The van der Waals surface area contributed by atoms with E-state index in [4.69, 9.17) is 5.41 Å². The van der Waals surface area contributed by atoms with E-state index in [0.29, 0.717) is 0 Å². The van der Waals surface area contributed by atoms with Crippen molar-refractivity contribution >= 4 is 18.2 Å². The normalized spacial score (nSPS) is 26.2. The average Bonchev–Trinajstić information content (AvgIpc) is 2.90. The first kappa shape index (κ1) is 15.3. The van der Waals surface area contributed by atoms with Crippen LogP contribution < -0.4 is 5.01 Å². The number of nitrogens with zero attached hydrogens (tertiary/aromatic N) is 5. The Labute approximate surface area is 136 Å². The molecule has 3 unspecified atom stereocenters. The summed E-state index contributed by atoms with van der Waals surface area (Å²) in [6.45, 7) is 6.60. The Balaban J connectivity index is 2.11. The van der Waals surface area contributed by atoms with Crippen molar-refractivity contribution in [2.45, 2.75) is 25.0 Å². The predicted molar refractivity (Wildman–Crippen MR) is 93.8 cm³/mol. The van der Waals surface area contributed by atoms with Crippen LogP contribution >= 0.6 is 0 Å². The van der Waals surface area contributed by atoms with Gasteiger partial charge in [-0.3, -0.25) is 4.98 Å². The summed E-state index contributed by atoms with van der Waals surface area (Å²) in [7, 11) is 4.04. The number of aromatic nitrogens is 1. The van der Waals surface area contributed by atoms with Crippen LogP contribution in [0.3, 0.4) is 0 Å². The number of allylic oxidation sites excluding steroid dienone is 1. The number of hydrogen-bond acceptors (Lipinski definition) is 6. The average molecular weight is 310 g/mol. The number of hydrogen-bond donors (Lipinski definition) is 1. The Morgan fingerprint density at radius 1 is 1.43 bits per heavy atom. The maximum Gasteiger partial charge on any atom is 0.148 e. The molecule has 2 aliphatic rings. The molecule has 0 amide bonds. The van der Waals surface area contributed by atoms with Crippen molar-refractivity contribution in [2.75, 3.05) is 19.1 Å². The molecule has 1 aromatic rings. The summed E-state index contributed by atoms with van der Waals surface area (Å²) in [6.07, 6.45) is 10.4. The van der Waals surface area contributed by atoms with Crippen LogP contribution in [0.5, 0.6) is 0 Å². The molecule has 2 aliphatic heterocycles. The van der Waals surface area contributed by atoms with Gasteiger partial charge in [0.2, 0.25) is 0 Å². The van der Waals surface area contributed by atoms with E-state index in [1.807, 2.05) is 44.0 Å². The van der Waals surface area contributed by atoms with Crippen molar-refractivity contribution in [3.63, 3.8) is 0 Å². The number of fused-ring (bicyclic) bond motifs is 3. The lowest BCUT2D eigenvalue weighted by Gasteiger charge is -2.36. The van der Waals surface area contributed by atoms with Gasteiger partial charge in [-0.1, -0.05) is 13.5 Å². The van der Waals surface area contributed by atoms with Crippen LogP contribution in [0.2, 0.25) is 0 Å². The monoisotopic (exact) mass is 310 g/mol. The summed E-state index contributed by atoms with van der Waals surface area (Å²) < 4.78 is 0. The van der Waals surface area contributed by atoms with Gasteiger partial charge in [0.05, 0.1) is 17.9 Å². The van der Waals surface area contributed by atoms with Gasteiger partial charge in [0.15, 0.2) is 0 Å². The van der Waals surface area contributed by atoms with Crippen LogP contribution in [0.15, 0.2) is 48.0 Å². The first-order chi connectivity index (χ1) is 11.1. The summed E-state index contributed by atoms with van der Waals surface area (Å²) in [5.74, 6) is 0.232. The zero-order chi connectivity index (χ0) is 16.6. The van der Waals surface area contributed by atoms with Gasteiger partial charge in [0, 0.05) is 38.6 Å². The minimum atomic E-state index is -0.0243. The zero-order valence-electron chi connectivity index (χ0n) is 13.7. The fraction of sp³-hybridized carbons (Fsp3) is 0.353. The summed E-state index contributed by atoms with van der Waals surface area (Å²) in [6, 6.07) is 2.16. The van der Waals surface area contributed by atoms with Gasteiger partial charge >= 0.3 is 0 Å². The molecule has 0 saturated carbocycles. The second kappa shape index (κ2) is 5.87. The highest BCUT2D eigenvalue weighted by Crippen LogP contribution is 2.41. The van der Waals surface area contributed by atoms with E-state index in [2.05, 4.69) is 39.5 Å². The van der Waals surface area contributed by atoms with E-state index in [-0.39, 0.29) is 18.1 Å². The molecule has 0 saturated heterocycles. The van der Waals surface area contributed by atoms with Crippen LogP contribution in [0.1, 0.15) is 18.4 Å². The molecular weight excluding hydrogens is 288 g/mol. The van der Waals surface area contributed by atoms with Crippen LogP contribution in [0.4, 0.5) is 5.69 Å². The molecule has 0 radical (unpaired) electrons. The van der Waals surface area contributed by atoms with E-state index in [1.54, 1.807) is 6.08 Å². The van der Waals surface area contributed by atoms with Gasteiger partial charge in [0.1, 0.15) is 12.5 Å². The summed E-state index contributed by atoms with van der Waals surface area (Å²) in [5.41, 5.74) is 3.31. The molecule has 120 valence electrons. The molecule has 0 aromatic carbocycles. The standard InChI is InChI=1S/C17H22N6/c1-12-14-6-8-19-10-15(14)23-17(22(4)11-20-23)13(2)16(12)21(3)9-5-7-18/h5-12,16-18H,2H2,1,3-4H3/b9-5-,18-7?. The number of nitrogens with one attached hydrogen (secondary N) is 1. The molecule has 1 aromatic heterocycles. The van der Waals surface area contributed by atoms with Gasteiger partial charge < -0.3 is 15.2 Å². The molecule has 0 aliphatic carbocycles. The van der Waals surface area contributed by atoms with E-state index in [9.17, 15) is 0 Å². The third-order valence-corrected chi connectivity index (χ3v) is 4.59. The predicted octanol–water partition coefficient (Wildman–Crippen LogP) is 2.24. The van der Waals surface area contributed by atoms with Crippen LogP contribution in [-0.2, 0) is 0 Å². The van der Waals surface area contributed by atoms with Gasteiger partial charge in [-0.2, -0.15) is 5.10 Å². The summed E-state index contributed by atoms with van der Waals surface area (Å²) >= 11 is 0. The highest BCUT2D eigenvalue weighted by Gasteiger charge is 2.41. The summed E-state index contributed by atoms with van der Waals surface area (Å²) in [4.78, 5) is 8.47. The van der Waals surface area contributed by atoms with Gasteiger partial charge in [-0.25, -0.2) is 5.01 Å². The lowest BCUT2D eigenvalue weighted by atomic mass is 9.88. The molecule has 3 heterocycles. The van der Waals surface area contributed by atoms with Gasteiger partial charge in [-0.05, 0) is 23.3 Å². The van der Waals surface area contributed by atoms with E-state index in [1.165, 1.54) is 11.8 Å². The number of pyridine rings is 1. The molecule has 6 nitrogen and oxygen atoms in total. The second-order valence-electron chi connectivity index (χ2n) is 6.03. The van der Waals surface area contributed by atoms with Gasteiger partial charge in [0.25, 0.3) is 0 Å². The molecule has 6 heteroatoms. The molecule has 3 atom stereocenters. The molecule has 0 spiro atoms. The Morgan fingerprint density at radius 2 is 2.22 bits per heavy atom. The third kappa shape index (κ3) is 2.40. The molecule has 0 fully saturated rings. The Hall–Kier alpha value is -2.63. The number of hydrazone groups is 1. The van der Waals surface area contributed by atoms with Crippen molar-refractivity contribution in [1.29, 1.82) is 5.41 Å². The first-order valence-corrected chi connectivity index (χ1v) is 7.63. The van der Waals surface area contributed by atoms with Crippen molar-refractivity contribution in [1.82, 2.24) is 14.8 Å². The van der Waals surface area contributed by atoms with Crippen LogP contribution in [-0.4, -0.2) is 53.6 Å². The SMILES string of the molecule is C=C1C(N(C)/C=C\C=N)C(C)c2ccncc2N2N=CN(C)C12. The number of likely N-dealkylation sites (N-methyl/N-ethyl adjacent to an activating group) is 2. The Morgan fingerprint density at radius 3 is 2.96 bits per heavy atom. The van der Waals surface area contributed by atoms with Crippen molar-refractivity contribution in [3.8, 4) is 0 Å². The van der Waals surface area contributed by atoms with Crippen LogP contribution in [0.25, 0.3) is 0 Å². The second-order valence-corrected chi connectivity index (χ2v) is 6.03. The largest absolute Gasteiger partial charge is 0.373 e. The lowest BCUT2D eigenvalue weighted by Crippen LogP contribution is -2.44. The maximum absolute atomic E-state index is 7.22. The number of rotatable bonds is 3. The minimum Gasteiger partial charge on any atom is -0.373 e. The fourth-order valence-corrected chi connectivity index (χ4v) is 3.55. The summed E-state index contributed by atoms with van der Waals surface area (Å²) in [5, 5.41) is 13.8. The fourth-order valence-electron chi connectivity index (χ4n) is 3.55. The van der Waals surface area contributed by atoms with Crippen molar-refractivity contribution in [3.05, 3.63) is 48.5 Å². The molecular formula is C17H22N6. The van der Waals surface area contributed by atoms with E-state index in [0.717, 1.165) is 11.3 Å². The van der Waals surface area contributed by atoms with Gasteiger partial charge in [-0.15, -0.1) is 0 Å². The zero-order valence-corrected chi connectivity index (χ0v) is 13.7. The Kier molecular flexibility index (Phi) is 3.90. The highest BCUT2D eigenvalue weighted by atomic mass is 15.6. The van der Waals surface area contributed by atoms with E-state index >= 15 is 0 Å². The molecule has 0 bridgehead atoms. The van der Waals surface area contributed by atoms with Crippen molar-refractivity contribution in [2.24, 2.45) is 5.10 Å². The topological polar surface area (TPSA) is 58.8 Å². The van der Waals surface area contributed by atoms with E-state index < -0.39 is 0 Å². The first-order valence-electron chi connectivity index (χ1n) is 7.63. The minimum absolute atomic E-state index is 0.0243. The molecule has 1 N–H and O–H groups in total. The maximum atomic E-state index is 7.22. The molecule has 23 heavy (non-hydrogen) atoms. The quantitative estimate of drug-likeness (QED) is 0.687. The molecule has 3 rings (SSSR count). The third-order valence-electron chi connectivity index (χ3n) is 4.59. The Bertz CT molecular complexity index is 679. The highest BCUT2D eigenvalue weighted by molar-refractivity contribution is 5.69. The lowest BCUT2D eigenvalue weighted by molar-refractivity contribution is 0.302.